The van der Waals surface area contributed by atoms with Crippen LogP contribution in [0.15, 0.2) is 36.7 Å². The van der Waals surface area contributed by atoms with Crippen molar-refractivity contribution in [1.82, 2.24) is 15.2 Å². The second-order valence-electron chi connectivity index (χ2n) is 3.26. The number of hydrogen-bond donors (Lipinski definition) is 1. The highest BCUT2D eigenvalue weighted by Crippen LogP contribution is 2.29. The van der Waals surface area contributed by atoms with Crippen molar-refractivity contribution in [3.05, 3.63) is 36.7 Å². The van der Waals surface area contributed by atoms with Crippen LogP contribution in [-0.4, -0.2) is 20.3 Å². The average molecular weight is 197 g/mol. The van der Waals surface area contributed by atoms with E-state index in [1.807, 2.05) is 6.07 Å². The van der Waals surface area contributed by atoms with Gasteiger partial charge in [-0.3, -0.25) is 4.98 Å². The Morgan fingerprint density at radius 2 is 2.00 bits per heavy atom. The quantitative estimate of drug-likeness (QED) is 0.597. The largest absolute Gasteiger partial charge is 0.507 e. The fourth-order valence-corrected chi connectivity index (χ4v) is 1.68. The Kier molecular flexibility index (Phi) is 1.56. The second-order valence-corrected chi connectivity index (χ2v) is 3.26. The molecular formula is C11H7N3O. The molecule has 0 saturated carbocycles. The van der Waals surface area contributed by atoms with Crippen LogP contribution in [0.3, 0.4) is 0 Å². The molecule has 2 aromatic heterocycles. The molecule has 0 aliphatic rings. The summed E-state index contributed by atoms with van der Waals surface area (Å²) in [5.41, 5.74) is 1.40. The summed E-state index contributed by atoms with van der Waals surface area (Å²) in [6, 6.07) is 7.08. The van der Waals surface area contributed by atoms with Crippen molar-refractivity contribution in [2.24, 2.45) is 0 Å². The first-order valence-electron chi connectivity index (χ1n) is 4.54. The summed E-state index contributed by atoms with van der Waals surface area (Å²) in [4.78, 5) is 4.21. The summed E-state index contributed by atoms with van der Waals surface area (Å²) in [7, 11) is 0. The van der Waals surface area contributed by atoms with Crippen molar-refractivity contribution in [3.63, 3.8) is 0 Å². The Hall–Kier alpha value is -2.23. The van der Waals surface area contributed by atoms with E-state index in [-0.39, 0.29) is 5.75 Å². The first-order chi connectivity index (χ1) is 7.36. The number of rotatable bonds is 0. The maximum atomic E-state index is 9.73. The predicted molar refractivity (Wildman–Crippen MR) is 56.5 cm³/mol. The van der Waals surface area contributed by atoms with Gasteiger partial charge in [-0.15, -0.1) is 0 Å². The lowest BCUT2D eigenvalue weighted by Gasteiger charge is -1.96. The van der Waals surface area contributed by atoms with E-state index in [1.165, 1.54) is 0 Å². The summed E-state index contributed by atoms with van der Waals surface area (Å²) in [5, 5.41) is 19.2. The van der Waals surface area contributed by atoms with Gasteiger partial charge in [0.2, 0.25) is 0 Å². The third kappa shape index (κ3) is 1.11. The molecule has 0 saturated heterocycles. The van der Waals surface area contributed by atoms with Crippen molar-refractivity contribution in [1.29, 1.82) is 0 Å². The molecule has 1 aromatic carbocycles. The number of phenolic OH excluding ortho intramolecular Hbond substituents is 1. The topological polar surface area (TPSA) is 58.9 Å². The second kappa shape index (κ2) is 2.88. The van der Waals surface area contributed by atoms with Gasteiger partial charge in [-0.05, 0) is 18.2 Å². The minimum absolute atomic E-state index is 0.190. The number of hydrogen-bond acceptors (Lipinski definition) is 4. The van der Waals surface area contributed by atoms with Gasteiger partial charge in [0.1, 0.15) is 5.75 Å². The van der Waals surface area contributed by atoms with Gasteiger partial charge in [-0.25, -0.2) is 0 Å². The van der Waals surface area contributed by atoms with Crippen molar-refractivity contribution in [3.8, 4) is 5.75 Å². The predicted octanol–water partition coefficient (Wildman–Crippen LogP) is 1.88. The van der Waals surface area contributed by atoms with E-state index >= 15 is 0 Å². The van der Waals surface area contributed by atoms with E-state index in [0.717, 1.165) is 16.3 Å². The maximum absolute atomic E-state index is 9.73. The Bertz CT molecular complexity index is 651. The Balaban J connectivity index is 2.66. The van der Waals surface area contributed by atoms with Crippen LogP contribution in [0, 0.1) is 0 Å². The first kappa shape index (κ1) is 8.11. The van der Waals surface area contributed by atoms with E-state index in [9.17, 15) is 5.11 Å². The van der Waals surface area contributed by atoms with Gasteiger partial charge in [0.25, 0.3) is 0 Å². The van der Waals surface area contributed by atoms with Crippen LogP contribution >= 0.6 is 0 Å². The minimum Gasteiger partial charge on any atom is -0.507 e. The molecule has 0 bridgehead atoms. The summed E-state index contributed by atoms with van der Waals surface area (Å²) in [6.07, 6.45) is 3.27. The fourth-order valence-electron chi connectivity index (χ4n) is 1.68. The van der Waals surface area contributed by atoms with Gasteiger partial charge < -0.3 is 5.11 Å². The molecular weight excluding hydrogens is 190 g/mol. The lowest BCUT2D eigenvalue weighted by atomic mass is 10.1. The molecule has 0 radical (unpaired) electrons. The molecule has 2 heterocycles. The van der Waals surface area contributed by atoms with Crippen LogP contribution in [0.25, 0.3) is 21.8 Å². The summed E-state index contributed by atoms with van der Waals surface area (Å²) in [6.45, 7) is 0. The normalized spacial score (nSPS) is 10.9. The van der Waals surface area contributed by atoms with Gasteiger partial charge in [0.15, 0.2) is 0 Å². The highest BCUT2D eigenvalue weighted by molar-refractivity contribution is 6.06. The van der Waals surface area contributed by atoms with E-state index in [4.69, 9.17) is 0 Å². The summed E-state index contributed by atoms with van der Waals surface area (Å²) >= 11 is 0. The zero-order valence-electron chi connectivity index (χ0n) is 7.75. The van der Waals surface area contributed by atoms with Crippen molar-refractivity contribution in [2.75, 3.05) is 0 Å². The lowest BCUT2D eigenvalue weighted by Crippen LogP contribution is -1.78. The van der Waals surface area contributed by atoms with Crippen LogP contribution in [-0.2, 0) is 0 Å². The Morgan fingerprint density at radius 3 is 2.93 bits per heavy atom. The molecule has 3 aromatic rings. The molecule has 0 unspecified atom stereocenters. The third-order valence-corrected chi connectivity index (χ3v) is 2.36. The fraction of sp³-hybridized carbons (Fsp3) is 0. The molecule has 0 amide bonds. The van der Waals surface area contributed by atoms with Gasteiger partial charge in [0.05, 0.1) is 11.0 Å². The van der Waals surface area contributed by atoms with Gasteiger partial charge >= 0.3 is 0 Å². The van der Waals surface area contributed by atoms with Crippen LogP contribution in [0.4, 0.5) is 0 Å². The number of aromatic hydroxyl groups is 1. The SMILES string of the molecule is Oc1cc2nncccc2c2nccc12. The van der Waals surface area contributed by atoms with Crippen LogP contribution in [0.5, 0.6) is 5.75 Å². The van der Waals surface area contributed by atoms with Crippen molar-refractivity contribution < 1.29 is 5.11 Å². The Morgan fingerprint density at radius 1 is 1.07 bits per heavy atom. The molecule has 4 nitrogen and oxygen atoms in total. The molecule has 4 heteroatoms. The average Bonchev–Trinajstić information content (AvgIpc) is 2.60. The van der Waals surface area contributed by atoms with E-state index in [1.54, 1.807) is 30.6 Å². The molecule has 3 rings (SSSR count). The summed E-state index contributed by atoms with van der Waals surface area (Å²) < 4.78 is 0. The van der Waals surface area contributed by atoms with Crippen LogP contribution in [0.1, 0.15) is 0 Å². The summed E-state index contributed by atoms with van der Waals surface area (Å²) in [5.74, 6) is 0.190. The van der Waals surface area contributed by atoms with Gasteiger partial charge in [0, 0.05) is 29.2 Å². The van der Waals surface area contributed by atoms with Gasteiger partial charge in [-0.1, -0.05) is 0 Å². The molecule has 0 aliphatic heterocycles. The van der Waals surface area contributed by atoms with Crippen LogP contribution < -0.4 is 0 Å². The minimum atomic E-state index is 0.190. The third-order valence-electron chi connectivity index (χ3n) is 2.36. The van der Waals surface area contributed by atoms with E-state index in [0.29, 0.717) is 5.52 Å². The monoisotopic (exact) mass is 197 g/mol. The molecule has 1 N–H and O–H groups in total. The molecule has 72 valence electrons. The zero-order chi connectivity index (χ0) is 10.3. The lowest BCUT2D eigenvalue weighted by molar-refractivity contribution is 0.482. The standard InChI is InChI=1S/C11H7N3O/c15-10-6-9-7(2-1-4-13-14-9)11-8(10)3-5-12-11/h1-6,15H. The molecule has 15 heavy (non-hydrogen) atoms. The molecule has 0 atom stereocenters. The smallest absolute Gasteiger partial charge is 0.127 e. The number of benzene rings is 1. The van der Waals surface area contributed by atoms with Crippen molar-refractivity contribution >= 4 is 21.8 Å². The highest BCUT2D eigenvalue weighted by atomic mass is 16.3. The van der Waals surface area contributed by atoms with Crippen molar-refractivity contribution in [2.45, 2.75) is 0 Å². The number of nitrogens with zero attached hydrogens (tertiary/aromatic N) is 3. The number of aromatic nitrogens is 3. The maximum Gasteiger partial charge on any atom is 0.127 e. The van der Waals surface area contributed by atoms with Gasteiger partial charge in [-0.2, -0.15) is 10.2 Å². The van der Waals surface area contributed by atoms with Crippen LogP contribution in [0.2, 0.25) is 0 Å². The number of fused-ring (bicyclic) bond motifs is 3. The van der Waals surface area contributed by atoms with E-state index in [2.05, 4.69) is 15.2 Å². The molecule has 0 aliphatic carbocycles. The molecule has 0 spiro atoms. The Labute approximate surface area is 85.2 Å². The number of phenols is 1. The highest BCUT2D eigenvalue weighted by Gasteiger charge is 2.06. The van der Waals surface area contributed by atoms with E-state index < -0.39 is 0 Å². The zero-order valence-corrected chi connectivity index (χ0v) is 7.75. The first-order valence-corrected chi connectivity index (χ1v) is 4.54. The molecule has 0 fully saturated rings.